The number of aliphatic carboxylic acids is 1. The number of carbonyl (C=O) groups is 2. The van der Waals surface area contributed by atoms with E-state index in [9.17, 15) is 14.7 Å². The fourth-order valence-electron chi connectivity index (χ4n) is 2.90. The van der Waals surface area contributed by atoms with E-state index in [1.54, 1.807) is 6.33 Å². The number of amides is 1. The van der Waals surface area contributed by atoms with Gasteiger partial charge in [-0.25, -0.2) is 4.79 Å². The molecule has 0 spiro atoms. The van der Waals surface area contributed by atoms with Gasteiger partial charge in [0.25, 0.3) is 0 Å². The highest BCUT2D eigenvalue weighted by molar-refractivity contribution is 7.99. The van der Waals surface area contributed by atoms with Crippen molar-refractivity contribution >= 4 is 23.6 Å². The minimum atomic E-state index is -0.974. The first-order valence-corrected chi connectivity index (χ1v) is 9.07. The van der Waals surface area contributed by atoms with Gasteiger partial charge in [0, 0.05) is 19.0 Å². The van der Waals surface area contributed by atoms with Crippen LogP contribution in [0, 0.1) is 0 Å². The fraction of sp³-hybridized carbons (Fsp3) is 0.412. The smallest absolute Gasteiger partial charge is 0.326 e. The van der Waals surface area contributed by atoms with Gasteiger partial charge >= 0.3 is 5.97 Å². The molecular formula is C17H20N4O3S. The number of fused-ring (bicyclic) bond motifs is 1. The van der Waals surface area contributed by atoms with E-state index in [0.29, 0.717) is 18.1 Å². The maximum atomic E-state index is 12.7. The molecule has 0 saturated carbocycles. The first-order valence-electron chi connectivity index (χ1n) is 8.08. The Hall–Kier alpha value is -2.35. The summed E-state index contributed by atoms with van der Waals surface area (Å²) in [7, 11) is 0. The van der Waals surface area contributed by atoms with Gasteiger partial charge in [-0.3, -0.25) is 4.79 Å². The van der Waals surface area contributed by atoms with Gasteiger partial charge in [0.1, 0.15) is 12.4 Å². The highest BCUT2D eigenvalue weighted by atomic mass is 32.2. The highest BCUT2D eigenvalue weighted by Gasteiger charge is 2.34. The summed E-state index contributed by atoms with van der Waals surface area (Å²) in [6, 6.07) is 7.03. The lowest BCUT2D eigenvalue weighted by Crippen LogP contribution is -2.49. The summed E-state index contributed by atoms with van der Waals surface area (Å²) in [5.41, 5.74) is 2.00. The van der Waals surface area contributed by atoms with Gasteiger partial charge in [-0.1, -0.05) is 36.0 Å². The molecule has 0 saturated heterocycles. The van der Waals surface area contributed by atoms with Gasteiger partial charge in [0.05, 0.1) is 5.75 Å². The number of carboxylic acids is 1. The van der Waals surface area contributed by atoms with E-state index in [-0.39, 0.29) is 17.7 Å². The Balaban J connectivity index is 1.74. The topological polar surface area (TPSA) is 88.3 Å². The molecule has 2 heterocycles. The van der Waals surface area contributed by atoms with Crippen LogP contribution in [0.5, 0.6) is 0 Å². The molecule has 1 unspecified atom stereocenters. The number of nitrogens with zero attached hydrogens (tertiary/aromatic N) is 4. The molecule has 7 nitrogen and oxygen atoms in total. The van der Waals surface area contributed by atoms with Crippen LogP contribution >= 0.6 is 11.8 Å². The zero-order chi connectivity index (χ0) is 18.0. The molecule has 2 aromatic rings. The van der Waals surface area contributed by atoms with Crippen molar-refractivity contribution in [3.63, 3.8) is 0 Å². The van der Waals surface area contributed by atoms with E-state index in [0.717, 1.165) is 11.1 Å². The standard InChI is InChI=1S/C17H20N4O3S/c1-11(2)21-10-18-19-17(21)25-9-15(22)20-8-13-6-4-3-5-12(13)7-14(20)16(23)24/h3-6,10-11,14H,7-9H2,1-2H3,(H,23,24). The molecule has 1 aromatic carbocycles. The van der Waals surface area contributed by atoms with Gasteiger partial charge in [-0.15, -0.1) is 10.2 Å². The molecule has 1 aliphatic rings. The van der Waals surface area contributed by atoms with Gasteiger partial charge in [-0.2, -0.15) is 0 Å². The average Bonchev–Trinajstić information content (AvgIpc) is 3.07. The quantitative estimate of drug-likeness (QED) is 0.821. The lowest BCUT2D eigenvalue weighted by atomic mass is 9.94. The molecule has 3 rings (SSSR count). The van der Waals surface area contributed by atoms with Crippen LogP contribution < -0.4 is 0 Å². The largest absolute Gasteiger partial charge is 0.480 e. The zero-order valence-corrected chi connectivity index (χ0v) is 14.9. The van der Waals surface area contributed by atoms with Crippen molar-refractivity contribution in [1.82, 2.24) is 19.7 Å². The zero-order valence-electron chi connectivity index (χ0n) is 14.1. The third kappa shape index (κ3) is 3.68. The van der Waals surface area contributed by atoms with E-state index >= 15 is 0 Å². The molecule has 1 atom stereocenters. The minimum Gasteiger partial charge on any atom is -0.480 e. The van der Waals surface area contributed by atoms with E-state index in [2.05, 4.69) is 10.2 Å². The molecule has 0 radical (unpaired) electrons. The summed E-state index contributed by atoms with van der Waals surface area (Å²) in [4.78, 5) is 25.8. The number of hydrogen-bond acceptors (Lipinski definition) is 5. The molecule has 1 aliphatic heterocycles. The number of aromatic nitrogens is 3. The van der Waals surface area contributed by atoms with E-state index in [1.165, 1.54) is 16.7 Å². The van der Waals surface area contributed by atoms with Gasteiger partial charge < -0.3 is 14.6 Å². The number of hydrogen-bond donors (Lipinski definition) is 1. The Morgan fingerprint density at radius 3 is 2.72 bits per heavy atom. The van der Waals surface area contributed by atoms with Crippen molar-refractivity contribution < 1.29 is 14.7 Å². The second-order valence-corrected chi connectivity index (χ2v) is 7.19. The molecule has 8 heteroatoms. The van der Waals surface area contributed by atoms with Crippen LogP contribution in [-0.2, 0) is 22.6 Å². The molecule has 1 amide bonds. The number of thioether (sulfide) groups is 1. The Morgan fingerprint density at radius 1 is 1.32 bits per heavy atom. The monoisotopic (exact) mass is 360 g/mol. The normalized spacial score (nSPS) is 16.8. The maximum Gasteiger partial charge on any atom is 0.326 e. The fourth-order valence-corrected chi connectivity index (χ4v) is 3.83. The molecule has 0 fully saturated rings. The van der Waals surface area contributed by atoms with E-state index in [4.69, 9.17) is 0 Å². The SMILES string of the molecule is CC(C)n1cnnc1SCC(=O)N1Cc2ccccc2CC1C(=O)O. The van der Waals surface area contributed by atoms with Crippen LogP contribution in [0.25, 0.3) is 0 Å². The van der Waals surface area contributed by atoms with Crippen molar-refractivity contribution in [2.75, 3.05) is 5.75 Å². The Bertz CT molecular complexity index is 790. The van der Waals surface area contributed by atoms with Crippen molar-refractivity contribution in [1.29, 1.82) is 0 Å². The van der Waals surface area contributed by atoms with E-state index < -0.39 is 12.0 Å². The van der Waals surface area contributed by atoms with Crippen molar-refractivity contribution in [2.24, 2.45) is 0 Å². The van der Waals surface area contributed by atoms with Crippen LogP contribution in [0.4, 0.5) is 0 Å². The Labute approximate surface area is 150 Å². The van der Waals surface area contributed by atoms with Crippen molar-refractivity contribution in [3.05, 3.63) is 41.7 Å². The molecule has 132 valence electrons. The second-order valence-electron chi connectivity index (χ2n) is 6.25. The molecule has 1 aromatic heterocycles. The Morgan fingerprint density at radius 2 is 2.04 bits per heavy atom. The maximum absolute atomic E-state index is 12.7. The molecule has 25 heavy (non-hydrogen) atoms. The summed E-state index contributed by atoms with van der Waals surface area (Å²) < 4.78 is 1.89. The summed E-state index contributed by atoms with van der Waals surface area (Å²) in [6.07, 6.45) is 1.97. The highest BCUT2D eigenvalue weighted by Crippen LogP contribution is 2.26. The Kier molecular flexibility index (Phi) is 5.08. The van der Waals surface area contributed by atoms with Crippen molar-refractivity contribution in [3.8, 4) is 0 Å². The molecule has 0 aliphatic carbocycles. The second kappa shape index (κ2) is 7.26. The third-order valence-electron chi connectivity index (χ3n) is 4.28. The number of carboxylic acid groups (broad SMARTS) is 1. The predicted octanol–water partition coefficient (Wildman–Crippen LogP) is 1.99. The lowest BCUT2D eigenvalue weighted by molar-refractivity contribution is -0.150. The summed E-state index contributed by atoms with van der Waals surface area (Å²) >= 11 is 1.28. The lowest BCUT2D eigenvalue weighted by Gasteiger charge is -2.34. The average molecular weight is 360 g/mol. The minimum absolute atomic E-state index is 0.136. The summed E-state index contributed by atoms with van der Waals surface area (Å²) in [5.74, 6) is -1.04. The predicted molar refractivity (Wildman–Crippen MR) is 93.3 cm³/mol. The van der Waals surface area contributed by atoms with Crippen LogP contribution in [0.3, 0.4) is 0 Å². The molecular weight excluding hydrogens is 340 g/mol. The summed E-state index contributed by atoms with van der Waals surface area (Å²) in [6.45, 7) is 4.35. The van der Waals surface area contributed by atoms with Gasteiger partial charge in [0.2, 0.25) is 5.91 Å². The van der Waals surface area contributed by atoms with Crippen LogP contribution in [0.2, 0.25) is 0 Å². The van der Waals surface area contributed by atoms with Gasteiger partial charge in [0.15, 0.2) is 5.16 Å². The van der Waals surface area contributed by atoms with Crippen molar-refractivity contribution in [2.45, 2.75) is 44.1 Å². The first kappa shape index (κ1) is 17.5. The summed E-state index contributed by atoms with van der Waals surface area (Å²) in [5, 5.41) is 18.1. The number of rotatable bonds is 5. The number of benzene rings is 1. The van der Waals surface area contributed by atoms with Crippen LogP contribution in [-0.4, -0.2) is 48.4 Å². The van der Waals surface area contributed by atoms with Crippen LogP contribution in [0.1, 0.15) is 31.0 Å². The molecule has 0 bridgehead atoms. The van der Waals surface area contributed by atoms with E-state index in [1.807, 2.05) is 42.7 Å². The van der Waals surface area contributed by atoms with Gasteiger partial charge in [-0.05, 0) is 25.0 Å². The molecule has 1 N–H and O–H groups in total. The van der Waals surface area contributed by atoms with Crippen LogP contribution in [0.15, 0.2) is 35.7 Å². The number of carbonyl (C=O) groups excluding carboxylic acids is 1. The third-order valence-corrected chi connectivity index (χ3v) is 5.22. The first-order chi connectivity index (χ1) is 12.0.